The van der Waals surface area contributed by atoms with E-state index in [1.807, 2.05) is 12.1 Å². The Kier molecular flexibility index (Phi) is 4.14. The number of ether oxygens (including phenoxy) is 1. The predicted octanol–water partition coefficient (Wildman–Crippen LogP) is 3.35. The number of nitrogens with zero attached hydrogens (tertiary/aromatic N) is 1. The molecule has 0 aliphatic heterocycles. The molecule has 0 unspecified atom stereocenters. The summed E-state index contributed by atoms with van der Waals surface area (Å²) >= 11 is 0. The van der Waals surface area contributed by atoms with Crippen LogP contribution in [0, 0.1) is 15.9 Å². The van der Waals surface area contributed by atoms with E-state index in [4.69, 9.17) is 4.74 Å². The van der Waals surface area contributed by atoms with Gasteiger partial charge in [-0.15, -0.1) is 0 Å². The molecular formula is C14H13FN2O3. The number of hydrogen-bond acceptors (Lipinski definition) is 4. The smallest absolute Gasteiger partial charge is 0.272 e. The highest BCUT2D eigenvalue weighted by Crippen LogP contribution is 2.19. The summed E-state index contributed by atoms with van der Waals surface area (Å²) in [5.41, 5.74) is 1.07. The van der Waals surface area contributed by atoms with E-state index in [1.165, 1.54) is 12.1 Å². The van der Waals surface area contributed by atoms with Crippen LogP contribution >= 0.6 is 0 Å². The van der Waals surface area contributed by atoms with Crippen LogP contribution in [0.15, 0.2) is 42.5 Å². The second-order valence-electron chi connectivity index (χ2n) is 4.16. The summed E-state index contributed by atoms with van der Waals surface area (Å²) in [5.74, 6) is 0.114. The van der Waals surface area contributed by atoms with Gasteiger partial charge in [0, 0.05) is 18.3 Å². The SMILES string of the molecule is COc1ccc(NCc2cc(F)cc([N+](=O)[O-])c2)cc1. The zero-order valence-corrected chi connectivity index (χ0v) is 10.8. The molecule has 0 atom stereocenters. The topological polar surface area (TPSA) is 64.4 Å². The molecule has 1 N–H and O–H groups in total. The van der Waals surface area contributed by atoms with E-state index < -0.39 is 10.7 Å². The number of anilines is 1. The third-order valence-corrected chi connectivity index (χ3v) is 2.74. The zero-order chi connectivity index (χ0) is 14.5. The van der Waals surface area contributed by atoms with Crippen molar-refractivity contribution < 1.29 is 14.1 Å². The maximum Gasteiger partial charge on any atom is 0.272 e. The lowest BCUT2D eigenvalue weighted by Gasteiger charge is -2.07. The number of hydrogen-bond donors (Lipinski definition) is 1. The third kappa shape index (κ3) is 3.44. The van der Waals surface area contributed by atoms with Crippen molar-refractivity contribution in [1.29, 1.82) is 0 Å². The Labute approximate surface area is 115 Å². The Morgan fingerprint density at radius 1 is 1.25 bits per heavy atom. The van der Waals surface area contributed by atoms with Crippen molar-refractivity contribution in [3.05, 3.63) is 64.0 Å². The highest BCUT2D eigenvalue weighted by Gasteiger charge is 2.09. The third-order valence-electron chi connectivity index (χ3n) is 2.74. The molecule has 0 aliphatic rings. The molecule has 104 valence electrons. The number of halogens is 1. The average Bonchev–Trinajstić information content (AvgIpc) is 2.45. The predicted molar refractivity (Wildman–Crippen MR) is 73.4 cm³/mol. The summed E-state index contributed by atoms with van der Waals surface area (Å²) in [6.45, 7) is 0.297. The highest BCUT2D eigenvalue weighted by atomic mass is 19.1. The monoisotopic (exact) mass is 276 g/mol. The van der Waals surface area contributed by atoms with Gasteiger partial charge >= 0.3 is 0 Å². The van der Waals surface area contributed by atoms with Gasteiger partial charge in [0.05, 0.1) is 18.1 Å². The van der Waals surface area contributed by atoms with E-state index in [-0.39, 0.29) is 5.69 Å². The molecule has 0 saturated carbocycles. The van der Waals surface area contributed by atoms with E-state index >= 15 is 0 Å². The first-order chi connectivity index (χ1) is 9.58. The van der Waals surface area contributed by atoms with Crippen molar-refractivity contribution in [3.8, 4) is 5.75 Å². The summed E-state index contributed by atoms with van der Waals surface area (Å²) in [6.07, 6.45) is 0. The number of benzene rings is 2. The Morgan fingerprint density at radius 3 is 2.55 bits per heavy atom. The van der Waals surface area contributed by atoms with Crippen LogP contribution in [0.3, 0.4) is 0 Å². The summed E-state index contributed by atoms with van der Waals surface area (Å²) in [4.78, 5) is 10.0. The summed E-state index contributed by atoms with van der Waals surface area (Å²) in [5, 5.41) is 13.7. The molecule has 20 heavy (non-hydrogen) atoms. The molecule has 0 spiro atoms. The van der Waals surface area contributed by atoms with Gasteiger partial charge < -0.3 is 10.1 Å². The van der Waals surface area contributed by atoms with Gasteiger partial charge in [-0.05, 0) is 35.9 Å². The summed E-state index contributed by atoms with van der Waals surface area (Å²) < 4.78 is 18.3. The van der Waals surface area contributed by atoms with Gasteiger partial charge in [0.25, 0.3) is 5.69 Å². The molecule has 2 aromatic carbocycles. The van der Waals surface area contributed by atoms with E-state index in [0.29, 0.717) is 12.1 Å². The minimum atomic E-state index is -0.620. The van der Waals surface area contributed by atoms with Gasteiger partial charge in [-0.3, -0.25) is 10.1 Å². The maximum absolute atomic E-state index is 13.3. The molecule has 0 amide bonds. The van der Waals surface area contributed by atoms with E-state index in [2.05, 4.69) is 5.32 Å². The Hall–Kier alpha value is -2.63. The minimum Gasteiger partial charge on any atom is -0.497 e. The van der Waals surface area contributed by atoms with Gasteiger partial charge in [-0.2, -0.15) is 0 Å². The van der Waals surface area contributed by atoms with Gasteiger partial charge in [-0.25, -0.2) is 4.39 Å². The van der Waals surface area contributed by atoms with Gasteiger partial charge in [0.1, 0.15) is 11.6 Å². The number of nitro groups is 1. The normalized spacial score (nSPS) is 10.1. The second kappa shape index (κ2) is 6.01. The first-order valence-electron chi connectivity index (χ1n) is 5.90. The number of nitrogens with one attached hydrogen (secondary N) is 1. The second-order valence-corrected chi connectivity index (χ2v) is 4.16. The molecule has 0 aliphatic carbocycles. The van der Waals surface area contributed by atoms with Crippen molar-refractivity contribution >= 4 is 11.4 Å². The molecule has 0 saturated heterocycles. The number of non-ortho nitro benzene ring substituents is 1. The number of rotatable bonds is 5. The van der Waals surface area contributed by atoms with Crippen LogP contribution in [0.4, 0.5) is 15.8 Å². The molecule has 0 bridgehead atoms. The van der Waals surface area contributed by atoms with E-state index in [1.54, 1.807) is 19.2 Å². The van der Waals surface area contributed by atoms with Crippen LogP contribution in [0.2, 0.25) is 0 Å². The van der Waals surface area contributed by atoms with Crippen LogP contribution in [0.5, 0.6) is 5.75 Å². The van der Waals surface area contributed by atoms with Crippen LogP contribution in [-0.2, 0) is 6.54 Å². The quantitative estimate of drug-likeness (QED) is 0.671. The molecule has 6 heteroatoms. The van der Waals surface area contributed by atoms with Crippen molar-refractivity contribution in [1.82, 2.24) is 0 Å². The Balaban J connectivity index is 2.08. The van der Waals surface area contributed by atoms with Gasteiger partial charge in [0.15, 0.2) is 0 Å². The van der Waals surface area contributed by atoms with Crippen LogP contribution in [-0.4, -0.2) is 12.0 Å². The van der Waals surface area contributed by atoms with Crippen molar-refractivity contribution in [2.45, 2.75) is 6.54 Å². The fraction of sp³-hybridized carbons (Fsp3) is 0.143. The molecule has 0 heterocycles. The van der Waals surface area contributed by atoms with Crippen LogP contribution in [0.25, 0.3) is 0 Å². The van der Waals surface area contributed by atoms with Crippen LogP contribution < -0.4 is 10.1 Å². The van der Waals surface area contributed by atoms with Crippen molar-refractivity contribution in [2.75, 3.05) is 12.4 Å². The molecule has 2 rings (SSSR count). The van der Waals surface area contributed by atoms with Gasteiger partial charge in [0.2, 0.25) is 0 Å². The Morgan fingerprint density at radius 2 is 1.95 bits per heavy atom. The lowest BCUT2D eigenvalue weighted by Crippen LogP contribution is -2.01. The average molecular weight is 276 g/mol. The van der Waals surface area contributed by atoms with E-state index in [0.717, 1.165) is 17.5 Å². The first-order valence-corrected chi connectivity index (χ1v) is 5.90. The molecule has 0 fully saturated rings. The van der Waals surface area contributed by atoms with Gasteiger partial charge in [-0.1, -0.05) is 0 Å². The minimum absolute atomic E-state index is 0.253. The van der Waals surface area contributed by atoms with Crippen molar-refractivity contribution in [3.63, 3.8) is 0 Å². The summed E-state index contributed by atoms with van der Waals surface area (Å²) in [7, 11) is 1.58. The van der Waals surface area contributed by atoms with Crippen molar-refractivity contribution in [2.24, 2.45) is 0 Å². The maximum atomic E-state index is 13.3. The fourth-order valence-corrected chi connectivity index (χ4v) is 1.75. The molecule has 0 radical (unpaired) electrons. The summed E-state index contributed by atoms with van der Waals surface area (Å²) in [6, 6.07) is 10.7. The highest BCUT2D eigenvalue weighted by molar-refractivity contribution is 5.47. The zero-order valence-electron chi connectivity index (χ0n) is 10.8. The lowest BCUT2D eigenvalue weighted by molar-refractivity contribution is -0.385. The molecular weight excluding hydrogens is 263 g/mol. The van der Waals surface area contributed by atoms with Crippen LogP contribution in [0.1, 0.15) is 5.56 Å². The molecule has 0 aromatic heterocycles. The molecule has 5 nitrogen and oxygen atoms in total. The Bertz CT molecular complexity index is 614. The largest absolute Gasteiger partial charge is 0.497 e. The standard InChI is InChI=1S/C14H13FN2O3/c1-20-14-4-2-12(3-5-14)16-9-10-6-11(15)8-13(7-10)17(18)19/h2-8,16H,9H2,1H3. The fourth-order valence-electron chi connectivity index (χ4n) is 1.75. The molecule has 2 aromatic rings. The number of nitro benzene ring substituents is 1. The van der Waals surface area contributed by atoms with E-state index in [9.17, 15) is 14.5 Å². The first kappa shape index (κ1) is 13.8. The lowest BCUT2D eigenvalue weighted by atomic mass is 10.2. The number of methoxy groups -OCH3 is 1.